The van der Waals surface area contributed by atoms with Crippen LogP contribution in [0.4, 0.5) is 11.4 Å². The Hall–Kier alpha value is -1.89. The lowest BCUT2D eigenvalue weighted by Crippen LogP contribution is -2.44. The molecule has 29 heavy (non-hydrogen) atoms. The van der Waals surface area contributed by atoms with Gasteiger partial charge in [0.2, 0.25) is 0 Å². The maximum absolute atomic E-state index is 10.2. The van der Waals surface area contributed by atoms with Gasteiger partial charge in [-0.1, -0.05) is 11.6 Å². The highest BCUT2D eigenvalue weighted by molar-refractivity contribution is 6.29. The Balaban J connectivity index is 1.56. The van der Waals surface area contributed by atoms with Gasteiger partial charge in [-0.3, -0.25) is 4.98 Å². The first-order valence-corrected chi connectivity index (χ1v) is 10.8. The van der Waals surface area contributed by atoms with Gasteiger partial charge in [0.15, 0.2) is 0 Å². The fourth-order valence-corrected chi connectivity index (χ4v) is 4.34. The van der Waals surface area contributed by atoms with E-state index >= 15 is 0 Å². The molecule has 0 bridgehead atoms. The first-order chi connectivity index (χ1) is 13.9. The van der Waals surface area contributed by atoms with E-state index in [1.807, 2.05) is 19.2 Å². The second kappa shape index (κ2) is 8.46. The molecule has 0 amide bonds. The summed E-state index contributed by atoms with van der Waals surface area (Å²) in [7, 11) is 2.16. The molecule has 0 spiro atoms. The van der Waals surface area contributed by atoms with E-state index in [9.17, 15) is 5.11 Å². The van der Waals surface area contributed by atoms with E-state index in [-0.39, 0.29) is 0 Å². The first-order valence-electron chi connectivity index (χ1n) is 10.4. The summed E-state index contributed by atoms with van der Waals surface area (Å²) in [5, 5.41) is 14.3. The molecule has 2 N–H and O–H groups in total. The van der Waals surface area contributed by atoms with Gasteiger partial charge in [0.1, 0.15) is 5.15 Å². The molecule has 4 rings (SSSR count). The number of aromatic nitrogens is 2. The van der Waals surface area contributed by atoms with Crippen LogP contribution in [-0.4, -0.2) is 64.8 Å². The van der Waals surface area contributed by atoms with Gasteiger partial charge in [0.25, 0.3) is 0 Å². The molecule has 0 unspecified atom stereocenters. The fraction of sp³-hybridized carbons (Fsp3) is 0.545. The minimum atomic E-state index is -0.546. The fourth-order valence-electron chi connectivity index (χ4n) is 4.19. The number of anilines is 2. The lowest BCUT2D eigenvalue weighted by atomic mass is 9.83. The Morgan fingerprint density at radius 3 is 2.59 bits per heavy atom. The molecule has 1 saturated carbocycles. The second-order valence-corrected chi connectivity index (χ2v) is 9.05. The summed E-state index contributed by atoms with van der Waals surface area (Å²) in [6.45, 7) is 6.10. The molecule has 7 heteroatoms. The van der Waals surface area contributed by atoms with Crippen molar-refractivity contribution in [3.8, 4) is 11.3 Å². The van der Waals surface area contributed by atoms with E-state index < -0.39 is 5.60 Å². The highest BCUT2D eigenvalue weighted by Crippen LogP contribution is 2.34. The lowest BCUT2D eigenvalue weighted by Gasteiger charge is -2.34. The second-order valence-electron chi connectivity index (χ2n) is 8.66. The molecular weight excluding hydrogens is 386 g/mol. The number of pyridine rings is 2. The van der Waals surface area contributed by atoms with Gasteiger partial charge >= 0.3 is 0 Å². The summed E-state index contributed by atoms with van der Waals surface area (Å²) in [5.41, 5.74) is 3.46. The Morgan fingerprint density at radius 2 is 1.86 bits per heavy atom. The van der Waals surface area contributed by atoms with Crippen molar-refractivity contribution in [2.24, 2.45) is 0 Å². The molecule has 2 aromatic rings. The molecule has 1 saturated heterocycles. The van der Waals surface area contributed by atoms with E-state index in [4.69, 9.17) is 11.6 Å². The minimum absolute atomic E-state index is 0.313. The minimum Gasteiger partial charge on any atom is -0.390 e. The van der Waals surface area contributed by atoms with Crippen LogP contribution in [0.15, 0.2) is 30.6 Å². The van der Waals surface area contributed by atoms with Gasteiger partial charge in [0, 0.05) is 61.6 Å². The number of aliphatic hydroxyl groups is 1. The normalized spacial score (nSPS) is 25.8. The van der Waals surface area contributed by atoms with Gasteiger partial charge in [-0.05, 0) is 57.9 Å². The van der Waals surface area contributed by atoms with Crippen molar-refractivity contribution in [2.45, 2.75) is 44.2 Å². The third-order valence-electron chi connectivity index (χ3n) is 6.18. The molecule has 156 valence electrons. The van der Waals surface area contributed by atoms with E-state index in [1.165, 1.54) is 5.69 Å². The summed E-state index contributed by atoms with van der Waals surface area (Å²) >= 11 is 6.21. The van der Waals surface area contributed by atoms with Crippen molar-refractivity contribution in [1.29, 1.82) is 0 Å². The lowest BCUT2D eigenvalue weighted by molar-refractivity contribution is 0.0196. The standard InChI is InChI=1S/C22H30ClN5O/c1-22(29)6-3-16(4-7-22)26-20-14-21(23)25-15-18(20)19-13-17(5-8-24-19)28-11-9-27(2)10-12-28/h5,8,13-16,29H,3-4,6-7,9-12H2,1-2H3,(H,25,26). The summed E-state index contributed by atoms with van der Waals surface area (Å²) < 4.78 is 0. The number of nitrogens with zero attached hydrogens (tertiary/aromatic N) is 4. The molecule has 3 heterocycles. The SMILES string of the molecule is CN1CCN(c2ccnc(-c3cnc(Cl)cc3NC3CCC(C)(O)CC3)c2)CC1. The van der Waals surface area contributed by atoms with Crippen LogP contribution in [0.1, 0.15) is 32.6 Å². The molecule has 1 aliphatic heterocycles. The highest BCUT2D eigenvalue weighted by atomic mass is 35.5. The topological polar surface area (TPSA) is 64.5 Å². The number of hydrogen-bond donors (Lipinski definition) is 2. The molecular formula is C22H30ClN5O. The predicted octanol–water partition coefficient (Wildman–Crippen LogP) is 3.65. The van der Waals surface area contributed by atoms with Crippen molar-refractivity contribution in [3.05, 3.63) is 35.7 Å². The number of piperazine rings is 1. The van der Waals surface area contributed by atoms with Crippen LogP contribution >= 0.6 is 11.6 Å². The maximum atomic E-state index is 10.2. The molecule has 1 aliphatic carbocycles. The van der Waals surface area contributed by atoms with Gasteiger partial charge in [-0.2, -0.15) is 0 Å². The van der Waals surface area contributed by atoms with Crippen LogP contribution in [0.3, 0.4) is 0 Å². The predicted molar refractivity (Wildman–Crippen MR) is 119 cm³/mol. The van der Waals surface area contributed by atoms with E-state index in [0.29, 0.717) is 11.2 Å². The molecule has 0 atom stereocenters. The quantitative estimate of drug-likeness (QED) is 0.743. The summed E-state index contributed by atoms with van der Waals surface area (Å²) in [4.78, 5) is 13.7. The molecule has 2 fully saturated rings. The Morgan fingerprint density at radius 1 is 1.14 bits per heavy atom. The van der Waals surface area contributed by atoms with Crippen LogP contribution < -0.4 is 10.2 Å². The number of halogens is 1. The van der Waals surface area contributed by atoms with Crippen LogP contribution in [-0.2, 0) is 0 Å². The van der Waals surface area contributed by atoms with Crippen molar-refractivity contribution in [2.75, 3.05) is 43.4 Å². The van der Waals surface area contributed by atoms with Crippen LogP contribution in [0.25, 0.3) is 11.3 Å². The number of likely N-dealkylation sites (N-methyl/N-ethyl adjacent to an activating group) is 1. The van der Waals surface area contributed by atoms with E-state index in [2.05, 4.69) is 44.3 Å². The Bertz CT molecular complexity index is 841. The third-order valence-corrected chi connectivity index (χ3v) is 6.39. The van der Waals surface area contributed by atoms with Crippen molar-refractivity contribution < 1.29 is 5.11 Å². The largest absolute Gasteiger partial charge is 0.390 e. The summed E-state index contributed by atoms with van der Waals surface area (Å²) in [6.07, 6.45) is 7.15. The average Bonchev–Trinajstić information content (AvgIpc) is 2.70. The number of rotatable bonds is 4. The number of hydrogen-bond acceptors (Lipinski definition) is 6. The van der Waals surface area contributed by atoms with Crippen molar-refractivity contribution in [3.63, 3.8) is 0 Å². The van der Waals surface area contributed by atoms with Gasteiger partial charge < -0.3 is 20.2 Å². The van der Waals surface area contributed by atoms with Gasteiger partial charge in [-0.25, -0.2) is 4.98 Å². The van der Waals surface area contributed by atoms with Gasteiger partial charge in [-0.15, -0.1) is 0 Å². The Kier molecular flexibility index (Phi) is 5.95. The average molecular weight is 416 g/mol. The van der Waals surface area contributed by atoms with Gasteiger partial charge in [0.05, 0.1) is 11.3 Å². The van der Waals surface area contributed by atoms with E-state index in [0.717, 1.165) is 68.8 Å². The molecule has 2 aliphatic rings. The zero-order valence-electron chi connectivity index (χ0n) is 17.2. The van der Waals surface area contributed by atoms with Crippen molar-refractivity contribution in [1.82, 2.24) is 14.9 Å². The van der Waals surface area contributed by atoms with Crippen LogP contribution in [0.5, 0.6) is 0 Å². The first kappa shape index (κ1) is 20.4. The van der Waals surface area contributed by atoms with Crippen LogP contribution in [0.2, 0.25) is 5.15 Å². The zero-order chi connectivity index (χ0) is 20.4. The monoisotopic (exact) mass is 415 g/mol. The van der Waals surface area contributed by atoms with E-state index in [1.54, 1.807) is 6.20 Å². The Labute approximate surface area is 177 Å². The number of nitrogens with one attached hydrogen (secondary N) is 1. The zero-order valence-corrected chi connectivity index (χ0v) is 18.0. The van der Waals surface area contributed by atoms with Crippen molar-refractivity contribution >= 4 is 23.0 Å². The van der Waals surface area contributed by atoms with Crippen LogP contribution in [0, 0.1) is 0 Å². The maximum Gasteiger partial charge on any atom is 0.131 e. The third kappa shape index (κ3) is 5.00. The summed E-state index contributed by atoms with van der Waals surface area (Å²) in [5.74, 6) is 0. The molecule has 0 radical (unpaired) electrons. The molecule has 0 aromatic carbocycles. The molecule has 6 nitrogen and oxygen atoms in total. The smallest absolute Gasteiger partial charge is 0.131 e. The highest BCUT2D eigenvalue weighted by Gasteiger charge is 2.29. The summed E-state index contributed by atoms with van der Waals surface area (Å²) in [6, 6.07) is 6.42. The molecule has 2 aromatic heterocycles.